The van der Waals surface area contributed by atoms with Crippen LogP contribution in [0.4, 0.5) is 0 Å². The van der Waals surface area contributed by atoms with Gasteiger partial charge in [0.25, 0.3) is 0 Å². The van der Waals surface area contributed by atoms with Crippen molar-refractivity contribution in [3.05, 3.63) is 20.8 Å². The molecule has 0 aliphatic carbocycles. The summed E-state index contributed by atoms with van der Waals surface area (Å²) < 4.78 is 1.23. The molecule has 3 saturated heterocycles. The average molecular weight is 301 g/mol. The highest BCUT2D eigenvalue weighted by atomic mass is 79.9. The Hall–Kier alpha value is 0.1000. The summed E-state index contributed by atoms with van der Waals surface area (Å²) >= 11 is 5.29. The maximum Gasteiger partial charge on any atom is 0.0701 e. The third-order valence-electron chi connectivity index (χ3n) is 3.85. The summed E-state index contributed by atoms with van der Waals surface area (Å²) in [5, 5.41) is 5.96. The Morgan fingerprint density at radius 2 is 2.25 bits per heavy atom. The van der Waals surface area contributed by atoms with E-state index in [1.54, 1.807) is 11.3 Å². The summed E-state index contributed by atoms with van der Waals surface area (Å²) in [6.07, 6.45) is 2.79. The molecule has 1 unspecified atom stereocenters. The van der Waals surface area contributed by atoms with Crippen molar-refractivity contribution in [2.75, 3.05) is 19.6 Å². The first kappa shape index (κ1) is 11.2. The lowest BCUT2D eigenvalue weighted by molar-refractivity contribution is 0.0720. The van der Waals surface area contributed by atoms with Crippen LogP contribution in [0.15, 0.2) is 15.2 Å². The van der Waals surface area contributed by atoms with Crippen LogP contribution in [-0.4, -0.2) is 30.6 Å². The molecule has 1 aromatic rings. The molecule has 16 heavy (non-hydrogen) atoms. The fourth-order valence-corrected chi connectivity index (χ4v) is 4.09. The maximum atomic E-state index is 3.73. The van der Waals surface area contributed by atoms with Gasteiger partial charge in [0.15, 0.2) is 0 Å². The molecule has 0 amide bonds. The van der Waals surface area contributed by atoms with Gasteiger partial charge in [-0.25, -0.2) is 0 Å². The molecule has 1 N–H and O–H groups in total. The van der Waals surface area contributed by atoms with Crippen LogP contribution in [0.1, 0.15) is 18.4 Å². The van der Waals surface area contributed by atoms with Gasteiger partial charge in [0.2, 0.25) is 0 Å². The van der Waals surface area contributed by atoms with E-state index in [2.05, 4.69) is 37.6 Å². The fourth-order valence-electron chi connectivity index (χ4n) is 2.88. The SMILES string of the molecule is Brc1cc(CNC2CN3CCC2CC3)cs1. The van der Waals surface area contributed by atoms with E-state index in [1.807, 2.05) is 0 Å². The Morgan fingerprint density at radius 1 is 1.44 bits per heavy atom. The first-order chi connectivity index (χ1) is 7.81. The molecule has 2 bridgehead atoms. The van der Waals surface area contributed by atoms with Crippen LogP contribution in [0.25, 0.3) is 0 Å². The quantitative estimate of drug-likeness (QED) is 0.923. The Labute approximate surface area is 109 Å². The molecular formula is C12H17BrN2S. The van der Waals surface area contributed by atoms with Gasteiger partial charge in [0.05, 0.1) is 3.79 Å². The lowest BCUT2D eigenvalue weighted by Crippen LogP contribution is -2.55. The van der Waals surface area contributed by atoms with E-state index in [1.165, 1.54) is 41.8 Å². The first-order valence-corrected chi connectivity index (χ1v) is 7.67. The van der Waals surface area contributed by atoms with Gasteiger partial charge in [0, 0.05) is 19.1 Å². The third kappa shape index (κ3) is 2.35. The van der Waals surface area contributed by atoms with E-state index in [9.17, 15) is 0 Å². The molecule has 4 heterocycles. The predicted molar refractivity (Wildman–Crippen MR) is 71.8 cm³/mol. The monoisotopic (exact) mass is 300 g/mol. The Balaban J connectivity index is 1.55. The van der Waals surface area contributed by atoms with Gasteiger partial charge in [-0.1, -0.05) is 0 Å². The number of fused-ring (bicyclic) bond motifs is 3. The second-order valence-electron chi connectivity index (χ2n) is 4.88. The van der Waals surface area contributed by atoms with Gasteiger partial charge >= 0.3 is 0 Å². The van der Waals surface area contributed by atoms with E-state index in [-0.39, 0.29) is 0 Å². The number of piperidine rings is 3. The molecule has 88 valence electrons. The Morgan fingerprint density at radius 3 is 2.81 bits per heavy atom. The smallest absolute Gasteiger partial charge is 0.0701 e. The zero-order valence-corrected chi connectivity index (χ0v) is 11.7. The van der Waals surface area contributed by atoms with Gasteiger partial charge in [0.1, 0.15) is 0 Å². The molecule has 0 aromatic carbocycles. The lowest BCUT2D eigenvalue weighted by atomic mass is 9.84. The highest BCUT2D eigenvalue weighted by Gasteiger charge is 2.33. The van der Waals surface area contributed by atoms with Crippen LogP contribution in [0.3, 0.4) is 0 Å². The largest absolute Gasteiger partial charge is 0.308 e. The summed E-state index contributed by atoms with van der Waals surface area (Å²) in [6, 6.07) is 2.94. The Kier molecular flexibility index (Phi) is 3.34. The molecule has 3 aliphatic rings. The van der Waals surface area contributed by atoms with Gasteiger partial charge in [-0.3, -0.25) is 0 Å². The lowest BCUT2D eigenvalue weighted by Gasteiger charge is -2.45. The minimum absolute atomic E-state index is 0.723. The summed E-state index contributed by atoms with van der Waals surface area (Å²) in [5.41, 5.74) is 1.41. The van der Waals surface area contributed by atoms with Crippen LogP contribution in [0.5, 0.6) is 0 Å². The molecule has 2 nitrogen and oxygen atoms in total. The van der Waals surface area contributed by atoms with Crippen molar-refractivity contribution in [1.82, 2.24) is 10.2 Å². The molecule has 3 fully saturated rings. The number of rotatable bonds is 3. The molecule has 4 rings (SSSR count). The summed E-state index contributed by atoms with van der Waals surface area (Å²) in [7, 11) is 0. The van der Waals surface area contributed by atoms with E-state index in [4.69, 9.17) is 0 Å². The van der Waals surface area contributed by atoms with Crippen molar-refractivity contribution in [3.8, 4) is 0 Å². The standard InChI is InChI=1S/C12H17BrN2S/c13-12-5-9(8-16-12)6-14-11-7-15-3-1-10(11)2-4-15/h5,8,10-11,14H,1-4,6-7H2. The van der Waals surface area contributed by atoms with Crippen molar-refractivity contribution in [2.45, 2.75) is 25.4 Å². The van der Waals surface area contributed by atoms with Crippen LogP contribution >= 0.6 is 27.3 Å². The molecule has 1 aromatic heterocycles. The molecular weight excluding hydrogens is 284 g/mol. The summed E-state index contributed by atoms with van der Waals surface area (Å²) in [5.74, 6) is 0.923. The topological polar surface area (TPSA) is 15.3 Å². The highest BCUT2D eigenvalue weighted by Crippen LogP contribution is 2.28. The molecule has 0 spiro atoms. The molecule has 4 heteroatoms. The van der Waals surface area contributed by atoms with Crippen molar-refractivity contribution in [2.24, 2.45) is 5.92 Å². The van der Waals surface area contributed by atoms with E-state index < -0.39 is 0 Å². The number of hydrogen-bond acceptors (Lipinski definition) is 3. The number of thiophene rings is 1. The van der Waals surface area contributed by atoms with Gasteiger partial charge in [-0.05, 0) is 64.8 Å². The zero-order chi connectivity index (χ0) is 11.0. The number of nitrogens with zero attached hydrogens (tertiary/aromatic N) is 1. The molecule has 0 radical (unpaired) electrons. The number of nitrogens with one attached hydrogen (secondary N) is 1. The van der Waals surface area contributed by atoms with Crippen LogP contribution in [-0.2, 0) is 6.54 Å². The van der Waals surface area contributed by atoms with E-state index in [0.29, 0.717) is 0 Å². The van der Waals surface area contributed by atoms with Gasteiger partial charge in [-0.15, -0.1) is 11.3 Å². The van der Waals surface area contributed by atoms with Crippen molar-refractivity contribution < 1.29 is 0 Å². The third-order valence-corrected chi connectivity index (χ3v) is 5.40. The van der Waals surface area contributed by atoms with Crippen molar-refractivity contribution in [3.63, 3.8) is 0 Å². The van der Waals surface area contributed by atoms with E-state index >= 15 is 0 Å². The summed E-state index contributed by atoms with van der Waals surface area (Å²) in [6.45, 7) is 4.94. The van der Waals surface area contributed by atoms with Crippen LogP contribution < -0.4 is 5.32 Å². The molecule has 3 aliphatic heterocycles. The first-order valence-electron chi connectivity index (χ1n) is 6.00. The molecule has 1 atom stereocenters. The number of hydrogen-bond donors (Lipinski definition) is 1. The number of halogens is 1. The Bertz CT molecular complexity index is 358. The van der Waals surface area contributed by atoms with Gasteiger partial charge in [-0.2, -0.15) is 0 Å². The van der Waals surface area contributed by atoms with Crippen LogP contribution in [0, 0.1) is 5.92 Å². The summed E-state index contributed by atoms with van der Waals surface area (Å²) in [4.78, 5) is 2.60. The second-order valence-corrected chi connectivity index (χ2v) is 7.17. The maximum absolute atomic E-state index is 3.73. The van der Waals surface area contributed by atoms with Crippen molar-refractivity contribution in [1.29, 1.82) is 0 Å². The zero-order valence-electron chi connectivity index (χ0n) is 9.29. The highest BCUT2D eigenvalue weighted by molar-refractivity contribution is 9.11. The predicted octanol–water partition coefficient (Wildman–Crippen LogP) is 2.69. The fraction of sp³-hybridized carbons (Fsp3) is 0.667. The second kappa shape index (κ2) is 4.77. The molecule has 0 saturated carbocycles. The minimum Gasteiger partial charge on any atom is -0.308 e. The van der Waals surface area contributed by atoms with E-state index in [0.717, 1.165) is 18.5 Å². The van der Waals surface area contributed by atoms with Gasteiger partial charge < -0.3 is 10.2 Å². The normalized spacial score (nSPS) is 33.2. The van der Waals surface area contributed by atoms with Crippen molar-refractivity contribution >= 4 is 27.3 Å². The average Bonchev–Trinajstić information content (AvgIpc) is 2.74. The van der Waals surface area contributed by atoms with Crippen LogP contribution in [0.2, 0.25) is 0 Å². The minimum atomic E-state index is 0.723.